The van der Waals surface area contributed by atoms with Crippen molar-refractivity contribution in [2.24, 2.45) is 0 Å². The van der Waals surface area contributed by atoms with Crippen LogP contribution < -0.4 is 28.9 Å². The topological polar surface area (TPSA) is 44.9 Å². The molecule has 72 valence electrons. The molecule has 2 saturated heterocycles. The molecule has 2 rings (SSSR count). The Kier molecular flexibility index (Phi) is 3.03. The van der Waals surface area contributed by atoms with E-state index in [1.165, 1.54) is 0 Å². The molecule has 0 spiro atoms. The van der Waals surface area contributed by atoms with Crippen LogP contribution in [-0.2, 0) is 0 Å². The van der Waals surface area contributed by atoms with E-state index < -0.39 is 11.8 Å². The minimum atomic E-state index is -0.817. The summed E-state index contributed by atoms with van der Waals surface area (Å²) >= 11 is 0. The van der Waals surface area contributed by atoms with Crippen LogP contribution in [0, 0.1) is 0 Å². The average Bonchev–Trinajstić information content (AvgIpc) is 2.16. The minimum absolute atomic E-state index is 0. The third-order valence-corrected chi connectivity index (χ3v) is 3.51. The zero-order valence-corrected chi connectivity index (χ0v) is 9.41. The molecule has 2 aliphatic heterocycles. The van der Waals surface area contributed by atoms with E-state index in [-0.39, 0.29) is 24.0 Å². The molecule has 0 aromatic rings. The van der Waals surface area contributed by atoms with Gasteiger partial charge in [-0.05, 0) is 6.42 Å². The number of quaternary nitrogens is 1. The van der Waals surface area contributed by atoms with Gasteiger partial charge in [-0.1, -0.05) is 0 Å². The molecule has 3 nitrogen and oxygen atoms in total. The van der Waals surface area contributed by atoms with Gasteiger partial charge < -0.3 is 39.1 Å². The van der Waals surface area contributed by atoms with Crippen LogP contribution in [0.15, 0.2) is 0 Å². The highest BCUT2D eigenvalue weighted by Gasteiger charge is 2.55. The van der Waals surface area contributed by atoms with Gasteiger partial charge in [0.05, 0.1) is 13.1 Å². The Balaban J connectivity index is 0.000000720. The first-order valence-corrected chi connectivity index (χ1v) is 4.39. The van der Waals surface area contributed by atoms with Crippen LogP contribution in [0.3, 0.4) is 0 Å². The van der Waals surface area contributed by atoms with Gasteiger partial charge in [0.1, 0.15) is 6.10 Å². The number of hydrogen-bond acceptors (Lipinski definition) is 2. The van der Waals surface area contributed by atoms with E-state index >= 15 is 0 Å². The van der Waals surface area contributed by atoms with Crippen LogP contribution in [0.5, 0.6) is 0 Å². The third-order valence-electron chi connectivity index (χ3n) is 3.51. The molecule has 2 heterocycles. The largest absolute Gasteiger partial charge is 1.00 e. The van der Waals surface area contributed by atoms with Crippen molar-refractivity contribution in [3.8, 4) is 0 Å². The van der Waals surface area contributed by atoms with E-state index in [0.29, 0.717) is 6.04 Å². The van der Waals surface area contributed by atoms with Crippen molar-refractivity contribution in [3.05, 3.63) is 0 Å². The number of likely N-dealkylation sites (N-methyl/N-ethyl adjacent to an activating group) is 1. The molecular weight excluding hydrogens is 269 g/mol. The van der Waals surface area contributed by atoms with E-state index in [1.807, 2.05) is 7.05 Å². The average molecular weight is 285 g/mol. The predicted octanol–water partition coefficient (Wildman–Crippen LogP) is -4.49. The molecule has 0 amide bonds. The molecule has 3 N–H and O–H groups in total. The summed E-state index contributed by atoms with van der Waals surface area (Å²) < 4.78 is 0. The second kappa shape index (κ2) is 3.40. The van der Waals surface area contributed by atoms with Crippen molar-refractivity contribution in [1.82, 2.24) is 0 Å². The van der Waals surface area contributed by atoms with Crippen LogP contribution in [-0.4, -0.2) is 35.1 Å². The number of piperidine rings is 1. The van der Waals surface area contributed by atoms with Gasteiger partial charge in [0.25, 0.3) is 0 Å². The van der Waals surface area contributed by atoms with Gasteiger partial charge >= 0.3 is 0 Å². The van der Waals surface area contributed by atoms with Gasteiger partial charge in [0.2, 0.25) is 5.72 Å². The van der Waals surface area contributed by atoms with Crippen molar-refractivity contribution in [1.29, 1.82) is 0 Å². The summed E-state index contributed by atoms with van der Waals surface area (Å²) in [6.45, 7) is 0. The van der Waals surface area contributed by atoms with Crippen LogP contribution in [0.2, 0.25) is 0 Å². The number of aliphatic hydroxyl groups is 2. The van der Waals surface area contributed by atoms with Crippen molar-refractivity contribution in [2.75, 3.05) is 7.05 Å². The van der Waals surface area contributed by atoms with E-state index in [4.69, 9.17) is 0 Å². The van der Waals surface area contributed by atoms with Crippen molar-refractivity contribution in [2.45, 2.75) is 43.6 Å². The Labute approximate surface area is 89.8 Å². The normalized spacial score (nSPS) is 51.8. The van der Waals surface area contributed by atoms with Crippen molar-refractivity contribution >= 4 is 0 Å². The second-order valence-corrected chi connectivity index (χ2v) is 3.94. The lowest BCUT2D eigenvalue weighted by molar-refractivity contribution is -0.978. The molecule has 2 bridgehead atoms. The molecule has 2 fully saturated rings. The lowest BCUT2D eigenvalue weighted by Crippen LogP contribution is -3.21. The highest BCUT2D eigenvalue weighted by atomic mass is 127. The summed E-state index contributed by atoms with van der Waals surface area (Å²) in [7, 11) is 1.99. The highest BCUT2D eigenvalue weighted by molar-refractivity contribution is 4.88. The Morgan fingerprint density at radius 3 is 2.58 bits per heavy atom. The molecule has 0 saturated carbocycles. The summed E-state index contributed by atoms with van der Waals surface area (Å²) in [5.74, 6) is 0. The summed E-state index contributed by atoms with van der Waals surface area (Å²) in [4.78, 5) is 1.12. The maximum atomic E-state index is 9.97. The quantitative estimate of drug-likeness (QED) is 0.393. The summed E-state index contributed by atoms with van der Waals surface area (Å²) in [6, 6.07) is 0.586. The van der Waals surface area contributed by atoms with Crippen molar-refractivity contribution in [3.63, 3.8) is 0 Å². The molecule has 12 heavy (non-hydrogen) atoms. The first-order chi connectivity index (χ1) is 5.14. The Bertz CT molecular complexity index is 176. The third kappa shape index (κ3) is 1.29. The molecule has 0 radical (unpaired) electrons. The van der Waals surface area contributed by atoms with Gasteiger partial charge in [-0.15, -0.1) is 0 Å². The smallest absolute Gasteiger partial charge is 0.225 e. The zero-order chi connectivity index (χ0) is 8.06. The number of nitrogens with one attached hydrogen (secondary N) is 1. The number of aliphatic hydroxyl groups excluding tert-OH is 1. The Hall–Kier alpha value is 0.610. The zero-order valence-electron chi connectivity index (χ0n) is 7.26. The minimum Gasteiger partial charge on any atom is -1.00 e. The number of rotatable bonds is 0. The SMILES string of the molecule is C[NH+]1[C@@H]2CCC(O)[C@@]1(O)CC2.[I-]. The fraction of sp³-hybridized carbons (Fsp3) is 1.00. The predicted molar refractivity (Wildman–Crippen MR) is 40.1 cm³/mol. The maximum absolute atomic E-state index is 9.97. The van der Waals surface area contributed by atoms with E-state index in [1.54, 1.807) is 0 Å². The van der Waals surface area contributed by atoms with E-state index in [9.17, 15) is 10.2 Å². The highest BCUT2D eigenvalue weighted by Crippen LogP contribution is 2.28. The number of halogens is 1. The molecule has 0 aromatic carbocycles. The molecule has 4 heteroatoms. The maximum Gasteiger partial charge on any atom is 0.225 e. The Morgan fingerprint density at radius 1 is 1.33 bits per heavy atom. The first kappa shape index (κ1) is 10.7. The molecular formula is C8H16INO2. The molecule has 4 atom stereocenters. The number of fused-ring (bicyclic) bond motifs is 2. The van der Waals surface area contributed by atoms with Crippen LogP contribution in [0.1, 0.15) is 25.7 Å². The van der Waals surface area contributed by atoms with Gasteiger partial charge in [-0.25, -0.2) is 0 Å². The van der Waals surface area contributed by atoms with Gasteiger partial charge in [-0.3, -0.25) is 0 Å². The molecule has 0 aliphatic carbocycles. The fourth-order valence-electron chi connectivity index (χ4n) is 2.55. The molecule has 2 aliphatic rings. The number of hydrogen-bond donors (Lipinski definition) is 3. The van der Waals surface area contributed by atoms with E-state index in [0.717, 1.165) is 30.6 Å². The van der Waals surface area contributed by atoms with E-state index in [2.05, 4.69) is 0 Å². The summed E-state index contributed by atoms with van der Waals surface area (Å²) in [5.41, 5.74) is -0.817. The first-order valence-electron chi connectivity index (χ1n) is 4.39. The lowest BCUT2D eigenvalue weighted by atomic mass is 9.97. The van der Waals surface area contributed by atoms with Gasteiger partial charge in [0, 0.05) is 19.3 Å². The van der Waals surface area contributed by atoms with Gasteiger partial charge in [-0.2, -0.15) is 0 Å². The van der Waals surface area contributed by atoms with Crippen molar-refractivity contribution < 1.29 is 39.1 Å². The van der Waals surface area contributed by atoms with Crippen LogP contribution >= 0.6 is 0 Å². The van der Waals surface area contributed by atoms with Crippen LogP contribution in [0.25, 0.3) is 0 Å². The fourth-order valence-corrected chi connectivity index (χ4v) is 2.55. The Morgan fingerprint density at radius 2 is 2.00 bits per heavy atom. The molecule has 0 aromatic heterocycles. The second-order valence-electron chi connectivity index (χ2n) is 3.94. The van der Waals surface area contributed by atoms with Crippen LogP contribution in [0.4, 0.5) is 0 Å². The summed E-state index contributed by atoms with van der Waals surface area (Å²) in [5, 5.41) is 19.5. The molecule has 2 unspecified atom stereocenters. The standard InChI is InChI=1S/C8H15NO2.HI/c1-9-6-2-3-7(10)8(9,11)5-4-6;/h6-7,10-11H,2-5H2,1H3;1H/t6-,7?,8+;/m1./s1. The monoisotopic (exact) mass is 285 g/mol. The summed E-state index contributed by atoms with van der Waals surface area (Å²) in [6.07, 6.45) is 3.18. The van der Waals surface area contributed by atoms with Gasteiger partial charge in [0.15, 0.2) is 0 Å². The lowest BCUT2D eigenvalue weighted by Gasteiger charge is -2.38.